The van der Waals surface area contributed by atoms with Gasteiger partial charge in [0.15, 0.2) is 0 Å². The van der Waals surface area contributed by atoms with Crippen LogP contribution >= 0.6 is 0 Å². The van der Waals surface area contributed by atoms with Gasteiger partial charge in [-0.25, -0.2) is 4.39 Å². The van der Waals surface area contributed by atoms with Crippen LogP contribution in [0.5, 0.6) is 0 Å². The fourth-order valence-corrected chi connectivity index (χ4v) is 1.65. The molecule has 20 heavy (non-hydrogen) atoms. The Balaban J connectivity index is 2.11. The van der Waals surface area contributed by atoms with Crippen molar-refractivity contribution in [3.8, 4) is 0 Å². The first-order valence-corrected chi connectivity index (χ1v) is 6.50. The summed E-state index contributed by atoms with van der Waals surface area (Å²) in [6.45, 7) is 1.08. The normalized spacial score (nSPS) is 14.2. The van der Waals surface area contributed by atoms with Gasteiger partial charge in [0.05, 0.1) is 32.0 Å². The first-order valence-electron chi connectivity index (χ1n) is 6.50. The Kier molecular flexibility index (Phi) is 8.32. The summed E-state index contributed by atoms with van der Waals surface area (Å²) in [6.07, 6.45) is -1.32. The fraction of sp³-hybridized carbons (Fsp3) is 0.571. The molecule has 114 valence electrons. The molecule has 0 aromatic heterocycles. The number of halogens is 1. The Morgan fingerprint density at radius 2 is 1.80 bits per heavy atom. The zero-order valence-electron chi connectivity index (χ0n) is 11.6. The SMILES string of the molecule is COCC(O)CNCC(O)COCc1ccccc1F. The van der Waals surface area contributed by atoms with Crippen molar-refractivity contribution in [3.63, 3.8) is 0 Å². The summed E-state index contributed by atoms with van der Waals surface area (Å²) >= 11 is 0. The molecule has 0 aliphatic carbocycles. The van der Waals surface area contributed by atoms with Gasteiger partial charge < -0.3 is 25.0 Å². The van der Waals surface area contributed by atoms with E-state index >= 15 is 0 Å². The highest BCUT2D eigenvalue weighted by Gasteiger charge is 2.08. The summed E-state index contributed by atoms with van der Waals surface area (Å²) in [6, 6.07) is 6.36. The number of ether oxygens (including phenoxy) is 2. The molecule has 0 radical (unpaired) electrons. The van der Waals surface area contributed by atoms with Gasteiger partial charge in [0.2, 0.25) is 0 Å². The zero-order valence-corrected chi connectivity index (χ0v) is 11.6. The molecule has 0 aliphatic heterocycles. The number of hydrogen-bond acceptors (Lipinski definition) is 5. The van der Waals surface area contributed by atoms with Crippen molar-refractivity contribution in [1.82, 2.24) is 5.32 Å². The Bertz CT molecular complexity index is 378. The van der Waals surface area contributed by atoms with Crippen LogP contribution < -0.4 is 5.32 Å². The van der Waals surface area contributed by atoms with Crippen molar-refractivity contribution in [2.75, 3.05) is 33.4 Å². The van der Waals surface area contributed by atoms with Crippen molar-refractivity contribution >= 4 is 0 Å². The lowest BCUT2D eigenvalue weighted by Crippen LogP contribution is -2.36. The summed E-state index contributed by atoms with van der Waals surface area (Å²) in [4.78, 5) is 0. The van der Waals surface area contributed by atoms with Crippen LogP contribution in [0, 0.1) is 5.82 Å². The van der Waals surface area contributed by atoms with E-state index in [-0.39, 0.29) is 32.2 Å². The molecule has 5 nitrogen and oxygen atoms in total. The van der Waals surface area contributed by atoms with Gasteiger partial charge >= 0.3 is 0 Å². The molecule has 0 heterocycles. The molecule has 0 fully saturated rings. The average molecular weight is 287 g/mol. The van der Waals surface area contributed by atoms with Crippen molar-refractivity contribution in [3.05, 3.63) is 35.6 Å². The van der Waals surface area contributed by atoms with Gasteiger partial charge in [0.25, 0.3) is 0 Å². The largest absolute Gasteiger partial charge is 0.389 e. The van der Waals surface area contributed by atoms with E-state index in [0.717, 1.165) is 0 Å². The van der Waals surface area contributed by atoms with E-state index in [1.807, 2.05) is 0 Å². The van der Waals surface area contributed by atoms with Crippen molar-refractivity contribution in [2.45, 2.75) is 18.8 Å². The highest BCUT2D eigenvalue weighted by molar-refractivity contribution is 5.16. The quantitative estimate of drug-likeness (QED) is 0.577. The van der Waals surface area contributed by atoms with Gasteiger partial charge in [-0.05, 0) is 6.07 Å². The third-order valence-electron chi connectivity index (χ3n) is 2.64. The van der Waals surface area contributed by atoms with Gasteiger partial charge in [0.1, 0.15) is 5.82 Å². The van der Waals surface area contributed by atoms with Crippen LogP contribution in [-0.2, 0) is 16.1 Å². The van der Waals surface area contributed by atoms with E-state index in [1.54, 1.807) is 18.2 Å². The van der Waals surface area contributed by atoms with E-state index in [0.29, 0.717) is 12.1 Å². The van der Waals surface area contributed by atoms with Crippen molar-refractivity contribution < 1.29 is 24.1 Å². The molecule has 0 amide bonds. The molecule has 0 bridgehead atoms. The van der Waals surface area contributed by atoms with Crippen LogP contribution in [0.1, 0.15) is 5.56 Å². The minimum Gasteiger partial charge on any atom is -0.389 e. The molecule has 6 heteroatoms. The second kappa shape index (κ2) is 9.79. The Labute approximate surface area is 118 Å². The number of benzene rings is 1. The van der Waals surface area contributed by atoms with E-state index in [1.165, 1.54) is 13.2 Å². The number of aliphatic hydroxyl groups is 2. The van der Waals surface area contributed by atoms with Gasteiger partial charge in [-0.1, -0.05) is 18.2 Å². The smallest absolute Gasteiger partial charge is 0.128 e. The predicted octanol–water partition coefficient (Wildman–Crippen LogP) is 0.300. The van der Waals surface area contributed by atoms with Crippen LogP contribution in [0.3, 0.4) is 0 Å². The summed E-state index contributed by atoms with van der Waals surface area (Å²) in [5.74, 6) is -0.317. The Morgan fingerprint density at radius 3 is 2.45 bits per heavy atom. The highest BCUT2D eigenvalue weighted by atomic mass is 19.1. The molecule has 1 aromatic rings. The maximum absolute atomic E-state index is 13.3. The maximum atomic E-state index is 13.3. The monoisotopic (exact) mass is 287 g/mol. The molecule has 2 unspecified atom stereocenters. The van der Waals surface area contributed by atoms with Gasteiger partial charge in [0, 0.05) is 25.8 Å². The van der Waals surface area contributed by atoms with Gasteiger partial charge in [-0.15, -0.1) is 0 Å². The first kappa shape index (κ1) is 17.0. The number of rotatable bonds is 10. The third kappa shape index (κ3) is 6.93. The van der Waals surface area contributed by atoms with Gasteiger partial charge in [-0.3, -0.25) is 0 Å². The lowest BCUT2D eigenvalue weighted by atomic mass is 10.2. The Hall–Kier alpha value is -1.05. The van der Waals surface area contributed by atoms with E-state index in [9.17, 15) is 14.6 Å². The molecule has 3 N–H and O–H groups in total. The molecule has 1 rings (SSSR count). The predicted molar refractivity (Wildman–Crippen MR) is 72.8 cm³/mol. The highest BCUT2D eigenvalue weighted by Crippen LogP contribution is 2.07. The molecule has 0 saturated heterocycles. The first-order chi connectivity index (χ1) is 9.63. The molecule has 1 aromatic carbocycles. The molecular weight excluding hydrogens is 265 g/mol. The van der Waals surface area contributed by atoms with Crippen molar-refractivity contribution in [1.29, 1.82) is 0 Å². The molecule has 2 atom stereocenters. The number of aliphatic hydroxyl groups excluding tert-OH is 2. The lowest BCUT2D eigenvalue weighted by Gasteiger charge is -2.14. The second-order valence-electron chi connectivity index (χ2n) is 4.53. The van der Waals surface area contributed by atoms with Crippen LogP contribution in [0.25, 0.3) is 0 Å². The fourth-order valence-electron chi connectivity index (χ4n) is 1.65. The minimum absolute atomic E-state index is 0.0989. The molecule has 0 spiro atoms. The molecule has 0 saturated carbocycles. The van der Waals surface area contributed by atoms with E-state index < -0.39 is 12.2 Å². The van der Waals surface area contributed by atoms with E-state index in [2.05, 4.69) is 5.32 Å². The maximum Gasteiger partial charge on any atom is 0.128 e. The molecular formula is C14H22FNO4. The van der Waals surface area contributed by atoms with Gasteiger partial charge in [-0.2, -0.15) is 0 Å². The van der Waals surface area contributed by atoms with Crippen LogP contribution in [0.2, 0.25) is 0 Å². The summed E-state index contributed by atoms with van der Waals surface area (Å²) in [5, 5.41) is 21.9. The summed E-state index contributed by atoms with van der Waals surface area (Å²) < 4.78 is 23.3. The number of methoxy groups -OCH3 is 1. The lowest BCUT2D eigenvalue weighted by molar-refractivity contribution is 0.0233. The average Bonchev–Trinajstić information content (AvgIpc) is 2.41. The zero-order chi connectivity index (χ0) is 14.8. The Morgan fingerprint density at radius 1 is 1.15 bits per heavy atom. The topological polar surface area (TPSA) is 71.0 Å². The third-order valence-corrected chi connectivity index (χ3v) is 2.64. The van der Waals surface area contributed by atoms with Crippen molar-refractivity contribution in [2.24, 2.45) is 0 Å². The van der Waals surface area contributed by atoms with Crippen LogP contribution in [0.4, 0.5) is 4.39 Å². The number of nitrogens with one attached hydrogen (secondary N) is 1. The summed E-state index contributed by atoms with van der Waals surface area (Å²) in [5.41, 5.74) is 0.461. The number of hydrogen-bond donors (Lipinski definition) is 3. The second-order valence-corrected chi connectivity index (χ2v) is 4.53. The van der Waals surface area contributed by atoms with Crippen LogP contribution in [0.15, 0.2) is 24.3 Å². The molecule has 0 aliphatic rings. The minimum atomic E-state index is -0.712. The van der Waals surface area contributed by atoms with Crippen LogP contribution in [-0.4, -0.2) is 55.8 Å². The summed E-state index contributed by atoms with van der Waals surface area (Å²) in [7, 11) is 1.51. The van der Waals surface area contributed by atoms with E-state index in [4.69, 9.17) is 9.47 Å². The standard InChI is InChI=1S/C14H22FNO4/c1-19-9-12(17)6-16-7-13(18)10-20-8-11-4-2-3-5-14(11)15/h2-5,12-13,16-18H,6-10H2,1H3.